The van der Waals surface area contributed by atoms with Crippen molar-refractivity contribution in [3.8, 4) is 11.5 Å². The molecule has 0 bridgehead atoms. The lowest BCUT2D eigenvalue weighted by Crippen LogP contribution is -2.43. The highest BCUT2D eigenvalue weighted by atomic mass is 19.4. The SMILES string of the molecule is NC1NNC(C(F)(F)F)C1c1cccc(Oc2ccccc2)c1. The van der Waals surface area contributed by atoms with Crippen molar-refractivity contribution in [2.75, 3.05) is 0 Å². The van der Waals surface area contributed by atoms with E-state index in [1.165, 1.54) is 0 Å². The van der Waals surface area contributed by atoms with Gasteiger partial charge in [-0.3, -0.25) is 0 Å². The van der Waals surface area contributed by atoms with Crippen molar-refractivity contribution < 1.29 is 17.9 Å². The van der Waals surface area contributed by atoms with Gasteiger partial charge in [-0.25, -0.2) is 10.9 Å². The Labute approximate surface area is 131 Å². The molecule has 0 radical (unpaired) electrons. The van der Waals surface area contributed by atoms with Crippen molar-refractivity contribution >= 4 is 0 Å². The first-order valence-corrected chi connectivity index (χ1v) is 7.11. The smallest absolute Gasteiger partial charge is 0.405 e. The summed E-state index contributed by atoms with van der Waals surface area (Å²) < 4.78 is 45.1. The molecule has 1 aliphatic rings. The van der Waals surface area contributed by atoms with Crippen molar-refractivity contribution in [3.63, 3.8) is 0 Å². The summed E-state index contributed by atoms with van der Waals surface area (Å²) >= 11 is 0. The van der Waals surface area contributed by atoms with E-state index in [1.807, 2.05) is 18.2 Å². The average molecular weight is 323 g/mol. The van der Waals surface area contributed by atoms with Crippen molar-refractivity contribution in [1.29, 1.82) is 0 Å². The molecule has 2 aromatic rings. The number of hydrazine groups is 1. The molecule has 4 nitrogen and oxygen atoms in total. The first-order valence-electron chi connectivity index (χ1n) is 7.11. The molecule has 0 saturated carbocycles. The zero-order valence-electron chi connectivity index (χ0n) is 12.0. The van der Waals surface area contributed by atoms with Crippen molar-refractivity contribution in [3.05, 3.63) is 60.2 Å². The third-order valence-electron chi connectivity index (χ3n) is 3.73. The van der Waals surface area contributed by atoms with Crippen LogP contribution in [0.4, 0.5) is 13.2 Å². The standard InChI is InChI=1S/C16H16F3N3O/c17-16(18,19)14-13(15(20)22-21-14)10-5-4-8-12(9-10)23-11-6-2-1-3-7-11/h1-9,13-15,21-22H,20H2. The topological polar surface area (TPSA) is 59.3 Å². The van der Waals surface area contributed by atoms with Crippen LogP contribution in [0.15, 0.2) is 54.6 Å². The molecule has 1 aliphatic heterocycles. The fourth-order valence-corrected chi connectivity index (χ4v) is 2.67. The van der Waals surface area contributed by atoms with E-state index < -0.39 is 24.3 Å². The number of halogens is 3. The predicted molar refractivity (Wildman–Crippen MR) is 79.8 cm³/mol. The molecular formula is C16H16F3N3O. The van der Waals surface area contributed by atoms with Crippen LogP contribution in [-0.4, -0.2) is 18.4 Å². The van der Waals surface area contributed by atoms with Gasteiger partial charge in [-0.15, -0.1) is 0 Å². The fourth-order valence-electron chi connectivity index (χ4n) is 2.67. The molecule has 1 saturated heterocycles. The Morgan fingerprint density at radius 3 is 2.30 bits per heavy atom. The summed E-state index contributed by atoms with van der Waals surface area (Å²) in [6, 6.07) is 13.9. The number of benzene rings is 2. The van der Waals surface area contributed by atoms with Gasteiger partial charge in [0.1, 0.15) is 17.5 Å². The van der Waals surface area contributed by atoms with Gasteiger partial charge in [-0.1, -0.05) is 30.3 Å². The molecule has 122 valence electrons. The maximum Gasteiger partial charge on any atom is 0.405 e. The van der Waals surface area contributed by atoms with Crippen LogP contribution < -0.4 is 21.3 Å². The summed E-state index contributed by atoms with van der Waals surface area (Å²) in [5.41, 5.74) is 10.9. The summed E-state index contributed by atoms with van der Waals surface area (Å²) in [7, 11) is 0. The number of nitrogens with one attached hydrogen (secondary N) is 2. The van der Waals surface area contributed by atoms with E-state index in [2.05, 4.69) is 10.9 Å². The third-order valence-corrected chi connectivity index (χ3v) is 3.73. The quantitative estimate of drug-likeness (QED) is 0.813. The van der Waals surface area contributed by atoms with Crippen LogP contribution in [-0.2, 0) is 0 Å². The van der Waals surface area contributed by atoms with E-state index in [4.69, 9.17) is 10.5 Å². The van der Waals surface area contributed by atoms with Gasteiger partial charge in [0.2, 0.25) is 0 Å². The fraction of sp³-hybridized carbons (Fsp3) is 0.250. The van der Waals surface area contributed by atoms with Crippen LogP contribution in [0, 0.1) is 0 Å². The molecule has 7 heteroatoms. The predicted octanol–water partition coefficient (Wildman–Crippen LogP) is 2.89. The van der Waals surface area contributed by atoms with E-state index in [0.29, 0.717) is 17.1 Å². The van der Waals surface area contributed by atoms with Crippen LogP contribution in [0.25, 0.3) is 0 Å². The highest BCUT2D eigenvalue weighted by Crippen LogP contribution is 2.36. The summed E-state index contributed by atoms with van der Waals surface area (Å²) in [4.78, 5) is 0. The summed E-state index contributed by atoms with van der Waals surface area (Å²) in [5, 5.41) is 0. The Kier molecular flexibility index (Phi) is 4.25. The first-order chi connectivity index (χ1) is 10.9. The van der Waals surface area contributed by atoms with Gasteiger partial charge in [0.05, 0.1) is 6.17 Å². The molecule has 0 spiro atoms. The zero-order valence-corrected chi connectivity index (χ0v) is 12.0. The second-order valence-electron chi connectivity index (χ2n) is 5.35. The Hall–Kier alpha value is -2.09. The number of nitrogens with two attached hydrogens (primary N) is 1. The number of para-hydroxylation sites is 1. The number of rotatable bonds is 3. The largest absolute Gasteiger partial charge is 0.457 e. The molecule has 0 aliphatic carbocycles. The molecule has 2 aromatic carbocycles. The van der Waals surface area contributed by atoms with Gasteiger partial charge < -0.3 is 10.5 Å². The van der Waals surface area contributed by atoms with Gasteiger partial charge in [-0.05, 0) is 29.8 Å². The molecular weight excluding hydrogens is 307 g/mol. The molecule has 23 heavy (non-hydrogen) atoms. The van der Waals surface area contributed by atoms with Crippen LogP contribution in [0.2, 0.25) is 0 Å². The Bertz CT molecular complexity index is 663. The van der Waals surface area contributed by atoms with E-state index in [9.17, 15) is 13.2 Å². The lowest BCUT2D eigenvalue weighted by atomic mass is 9.90. The van der Waals surface area contributed by atoms with E-state index in [-0.39, 0.29) is 0 Å². The zero-order chi connectivity index (χ0) is 16.4. The number of ether oxygens (including phenoxy) is 1. The normalized spacial score (nSPS) is 24.6. The lowest BCUT2D eigenvalue weighted by Gasteiger charge is -2.23. The van der Waals surface area contributed by atoms with Gasteiger partial charge in [0.25, 0.3) is 0 Å². The summed E-state index contributed by atoms with van der Waals surface area (Å²) in [6.07, 6.45) is -5.24. The van der Waals surface area contributed by atoms with Crippen molar-refractivity contribution in [1.82, 2.24) is 10.9 Å². The summed E-state index contributed by atoms with van der Waals surface area (Å²) in [6.45, 7) is 0. The summed E-state index contributed by atoms with van der Waals surface area (Å²) in [5.74, 6) is 0.145. The van der Waals surface area contributed by atoms with Crippen LogP contribution in [0.1, 0.15) is 11.5 Å². The third kappa shape index (κ3) is 3.47. The van der Waals surface area contributed by atoms with Gasteiger partial charge in [-0.2, -0.15) is 13.2 Å². The van der Waals surface area contributed by atoms with Gasteiger partial charge in [0, 0.05) is 5.92 Å². The van der Waals surface area contributed by atoms with E-state index >= 15 is 0 Å². The first kappa shape index (κ1) is 15.8. The molecule has 1 fully saturated rings. The number of hydrogen-bond donors (Lipinski definition) is 3. The minimum Gasteiger partial charge on any atom is -0.457 e. The number of hydrogen-bond acceptors (Lipinski definition) is 4. The minimum atomic E-state index is -4.40. The van der Waals surface area contributed by atoms with Crippen molar-refractivity contribution in [2.24, 2.45) is 5.73 Å². The maximum absolute atomic E-state index is 13.1. The molecule has 3 unspecified atom stereocenters. The Morgan fingerprint density at radius 1 is 0.913 bits per heavy atom. The number of alkyl halides is 3. The van der Waals surface area contributed by atoms with E-state index in [0.717, 1.165) is 0 Å². The van der Waals surface area contributed by atoms with Gasteiger partial charge >= 0.3 is 6.18 Å². The second-order valence-corrected chi connectivity index (χ2v) is 5.35. The highest BCUT2D eigenvalue weighted by Gasteiger charge is 2.51. The molecule has 4 N–H and O–H groups in total. The van der Waals surface area contributed by atoms with E-state index in [1.54, 1.807) is 36.4 Å². The lowest BCUT2D eigenvalue weighted by molar-refractivity contribution is -0.156. The highest BCUT2D eigenvalue weighted by molar-refractivity contribution is 5.37. The van der Waals surface area contributed by atoms with Crippen molar-refractivity contribution in [2.45, 2.75) is 24.3 Å². The average Bonchev–Trinajstić information content (AvgIpc) is 2.90. The molecule has 0 aromatic heterocycles. The second kappa shape index (κ2) is 6.19. The molecule has 3 rings (SSSR count). The van der Waals surface area contributed by atoms with Gasteiger partial charge in [0.15, 0.2) is 0 Å². The Balaban J connectivity index is 1.86. The molecule has 3 atom stereocenters. The van der Waals surface area contributed by atoms with Crippen LogP contribution in [0.5, 0.6) is 11.5 Å². The monoisotopic (exact) mass is 323 g/mol. The van der Waals surface area contributed by atoms with Crippen LogP contribution >= 0.6 is 0 Å². The molecule has 1 heterocycles. The maximum atomic E-state index is 13.1. The minimum absolute atomic E-state index is 0.464. The Morgan fingerprint density at radius 2 is 1.61 bits per heavy atom. The molecule has 0 amide bonds. The van der Waals surface area contributed by atoms with Crippen LogP contribution in [0.3, 0.4) is 0 Å².